The van der Waals surface area contributed by atoms with Gasteiger partial charge < -0.3 is 45.0 Å². The van der Waals surface area contributed by atoms with Crippen molar-refractivity contribution >= 4 is 25.0 Å². The van der Waals surface area contributed by atoms with E-state index in [0.717, 1.165) is 0 Å². The molecule has 0 fully saturated rings. The van der Waals surface area contributed by atoms with Gasteiger partial charge in [-0.15, -0.1) is 4.73 Å². The molecule has 1 heterocycles. The van der Waals surface area contributed by atoms with Crippen LogP contribution < -0.4 is 20.6 Å². The van der Waals surface area contributed by atoms with Crippen molar-refractivity contribution in [3.8, 4) is 23.3 Å². The number of phenolic OH excluding ortho intramolecular Hbond substituents is 2. The predicted molar refractivity (Wildman–Crippen MR) is 149 cm³/mol. The van der Waals surface area contributed by atoms with Crippen molar-refractivity contribution in [3.63, 3.8) is 0 Å². The first kappa shape index (κ1) is 32.5. The van der Waals surface area contributed by atoms with Gasteiger partial charge in [0.15, 0.2) is 0 Å². The number of nitrogens with zero attached hydrogens (tertiary/aromatic N) is 2. The summed E-state index contributed by atoms with van der Waals surface area (Å²) in [5.41, 5.74) is 0.102. The Kier molecular flexibility index (Phi) is 11.8. The second-order valence-electron chi connectivity index (χ2n) is 10.1. The number of aromatic hydroxyl groups is 4. The molecule has 0 saturated heterocycles. The van der Waals surface area contributed by atoms with Crippen LogP contribution >= 0.6 is 0 Å². The molecule has 12 heteroatoms. The highest BCUT2D eigenvalue weighted by atomic mass is 16.7. The Hall–Kier alpha value is -3.74. The van der Waals surface area contributed by atoms with Crippen LogP contribution in [0.15, 0.2) is 12.1 Å². The van der Waals surface area contributed by atoms with Crippen LogP contribution in [0, 0.1) is 6.92 Å². The van der Waals surface area contributed by atoms with Gasteiger partial charge in [-0.3, -0.25) is 4.79 Å². The second kappa shape index (κ2) is 14.6. The van der Waals surface area contributed by atoms with E-state index < -0.39 is 23.1 Å². The lowest BCUT2D eigenvalue weighted by atomic mass is 9.78. The Labute approximate surface area is 233 Å². The number of likely N-dealkylation sites (N-methyl/N-ethyl adjacent to an activating group) is 1. The maximum absolute atomic E-state index is 12.9. The average molecular weight is 564 g/mol. The summed E-state index contributed by atoms with van der Waals surface area (Å²) in [6.07, 6.45) is 0.0453. The molecule has 0 aliphatic carbocycles. The van der Waals surface area contributed by atoms with Crippen LogP contribution in [-0.2, 0) is 24.5 Å². The van der Waals surface area contributed by atoms with Crippen LogP contribution in [-0.4, -0.2) is 95.0 Å². The number of nitrogens with one attached hydrogen (secondary N) is 1. The summed E-state index contributed by atoms with van der Waals surface area (Å²) in [7, 11) is 1.71. The summed E-state index contributed by atoms with van der Waals surface area (Å²) in [6, 6.07) is 2.38. The van der Waals surface area contributed by atoms with Crippen molar-refractivity contribution in [1.29, 1.82) is 0 Å². The standard InChI is InChI=1S/C28H41N3O9/c1-18-19(2)27(37)25(20(3)26(18)36)28(4,5)17-23(34)30(6)12-10-29-11-14-39-16-15-38-13-9-24(35)40-31-21(32)7-8-22(31)33/h7-8,29,32-33,36-37H,2-3,9-17H2,1,4-6H3. The Morgan fingerprint density at radius 2 is 1.55 bits per heavy atom. The number of rotatable bonds is 16. The van der Waals surface area contributed by atoms with Gasteiger partial charge in [0, 0.05) is 72.2 Å². The number of carbonyl (C=O) groups excluding carboxylic acids is 2. The molecule has 0 radical (unpaired) electrons. The highest BCUT2D eigenvalue weighted by Crippen LogP contribution is 2.31. The SMILES string of the molecule is C=c1c(C)c(O)c(=C)c(C(C)(C)CC(=O)N(C)CCNCCOCCOCCC(=O)On2c(O)ccc2O)c1O. The Bertz CT molecular complexity index is 1250. The number of hydrogen-bond acceptors (Lipinski definition) is 10. The van der Waals surface area contributed by atoms with Gasteiger partial charge in [0.2, 0.25) is 17.7 Å². The molecule has 5 N–H and O–H groups in total. The number of aromatic nitrogens is 1. The quantitative estimate of drug-likeness (QED) is 0.141. The van der Waals surface area contributed by atoms with Crippen molar-refractivity contribution in [1.82, 2.24) is 14.9 Å². The van der Waals surface area contributed by atoms with Crippen LogP contribution in [0.3, 0.4) is 0 Å². The van der Waals surface area contributed by atoms with E-state index in [1.165, 1.54) is 12.1 Å². The number of benzene rings is 1. The van der Waals surface area contributed by atoms with Gasteiger partial charge in [-0.05, 0) is 6.92 Å². The zero-order valence-corrected chi connectivity index (χ0v) is 23.7. The highest BCUT2D eigenvalue weighted by molar-refractivity contribution is 5.78. The monoisotopic (exact) mass is 563 g/mol. The molecule has 0 atom stereocenters. The topological polar surface area (TPSA) is 163 Å². The molecule has 222 valence electrons. The summed E-state index contributed by atoms with van der Waals surface area (Å²) >= 11 is 0. The van der Waals surface area contributed by atoms with E-state index in [1.54, 1.807) is 18.9 Å². The van der Waals surface area contributed by atoms with Gasteiger partial charge in [0.05, 0.1) is 32.8 Å². The lowest BCUT2D eigenvalue weighted by molar-refractivity contribution is -0.146. The summed E-state index contributed by atoms with van der Waals surface area (Å²) in [6.45, 7) is 15.8. The fourth-order valence-electron chi connectivity index (χ4n) is 4.05. The van der Waals surface area contributed by atoms with Crippen molar-refractivity contribution in [2.45, 2.75) is 39.0 Å². The Morgan fingerprint density at radius 3 is 2.17 bits per heavy atom. The van der Waals surface area contributed by atoms with Crippen molar-refractivity contribution < 1.29 is 44.3 Å². The fourth-order valence-corrected chi connectivity index (χ4v) is 4.05. The molecule has 0 aliphatic rings. The van der Waals surface area contributed by atoms with E-state index >= 15 is 0 Å². The van der Waals surface area contributed by atoms with Crippen LogP contribution in [0.25, 0.3) is 13.2 Å². The van der Waals surface area contributed by atoms with Gasteiger partial charge in [0.1, 0.15) is 11.5 Å². The van der Waals surface area contributed by atoms with Crippen molar-refractivity contribution in [3.05, 3.63) is 33.7 Å². The number of ether oxygens (including phenoxy) is 2. The molecule has 0 spiro atoms. The molecular weight excluding hydrogens is 522 g/mol. The number of phenols is 2. The van der Waals surface area contributed by atoms with Crippen LogP contribution in [0.2, 0.25) is 0 Å². The summed E-state index contributed by atoms with van der Waals surface area (Å²) in [5, 5.41) is 43.7. The second-order valence-corrected chi connectivity index (χ2v) is 10.1. The highest BCUT2D eigenvalue weighted by Gasteiger charge is 2.31. The molecule has 0 unspecified atom stereocenters. The van der Waals surface area contributed by atoms with Crippen LogP contribution in [0.1, 0.15) is 37.8 Å². The molecule has 1 aromatic carbocycles. The van der Waals surface area contributed by atoms with Crippen LogP contribution in [0.4, 0.5) is 0 Å². The molecule has 1 amide bonds. The molecular formula is C28H41N3O9. The first-order valence-electron chi connectivity index (χ1n) is 12.9. The first-order valence-corrected chi connectivity index (χ1v) is 12.9. The molecule has 0 aliphatic heterocycles. The number of carbonyl (C=O) groups is 2. The van der Waals surface area contributed by atoms with E-state index in [0.29, 0.717) is 59.1 Å². The third-order valence-corrected chi connectivity index (χ3v) is 6.47. The van der Waals surface area contributed by atoms with E-state index in [-0.39, 0.29) is 43.5 Å². The van der Waals surface area contributed by atoms with E-state index in [2.05, 4.69) is 18.5 Å². The summed E-state index contributed by atoms with van der Waals surface area (Å²) in [4.78, 5) is 31.0. The molecule has 2 aromatic rings. The minimum Gasteiger partial charge on any atom is -0.507 e. The first-order chi connectivity index (χ1) is 18.8. The smallest absolute Gasteiger partial charge is 0.335 e. The fraction of sp³-hybridized carbons (Fsp3) is 0.500. The Morgan fingerprint density at radius 1 is 0.950 bits per heavy atom. The lowest BCUT2D eigenvalue weighted by Gasteiger charge is -2.29. The van der Waals surface area contributed by atoms with Gasteiger partial charge in [-0.25, -0.2) is 4.79 Å². The molecule has 12 nitrogen and oxygen atoms in total. The predicted octanol–water partition coefficient (Wildman–Crippen LogP) is 0.234. The minimum atomic E-state index is -0.776. The molecule has 0 saturated carbocycles. The van der Waals surface area contributed by atoms with Gasteiger partial charge in [-0.2, -0.15) is 0 Å². The van der Waals surface area contributed by atoms with E-state index in [1.807, 2.05) is 13.8 Å². The third-order valence-electron chi connectivity index (χ3n) is 6.47. The number of amides is 1. The molecule has 2 rings (SSSR count). The van der Waals surface area contributed by atoms with Gasteiger partial charge in [0.25, 0.3) is 0 Å². The zero-order valence-electron chi connectivity index (χ0n) is 23.7. The van der Waals surface area contributed by atoms with Gasteiger partial charge in [-0.1, -0.05) is 27.0 Å². The normalized spacial score (nSPS) is 11.5. The van der Waals surface area contributed by atoms with E-state index in [9.17, 15) is 30.0 Å². The number of hydrogen-bond donors (Lipinski definition) is 5. The Balaban J connectivity index is 1.59. The summed E-state index contributed by atoms with van der Waals surface area (Å²) in [5.74, 6) is -1.65. The maximum Gasteiger partial charge on any atom is 0.335 e. The third kappa shape index (κ3) is 8.63. The summed E-state index contributed by atoms with van der Waals surface area (Å²) < 4.78 is 11.4. The molecule has 1 aromatic heterocycles. The molecule has 0 bridgehead atoms. The maximum atomic E-state index is 12.9. The van der Waals surface area contributed by atoms with Crippen LogP contribution in [0.5, 0.6) is 23.3 Å². The average Bonchev–Trinajstić information content (AvgIpc) is 3.20. The molecule has 40 heavy (non-hydrogen) atoms. The van der Waals surface area contributed by atoms with E-state index in [4.69, 9.17) is 14.3 Å². The van der Waals surface area contributed by atoms with Gasteiger partial charge >= 0.3 is 5.97 Å². The van der Waals surface area contributed by atoms with Crippen molar-refractivity contribution in [2.75, 3.05) is 53.1 Å². The largest absolute Gasteiger partial charge is 0.507 e. The zero-order chi connectivity index (χ0) is 30.0. The minimum absolute atomic E-state index is 0.0261. The van der Waals surface area contributed by atoms with Crippen molar-refractivity contribution in [2.24, 2.45) is 0 Å². The lowest BCUT2D eigenvalue weighted by Crippen LogP contribution is -2.39.